The summed E-state index contributed by atoms with van der Waals surface area (Å²) in [6, 6.07) is 0. The van der Waals surface area contributed by atoms with E-state index in [2.05, 4.69) is 27.7 Å². The molecule has 0 bridgehead atoms. The third-order valence-electron chi connectivity index (χ3n) is 5.50. The Labute approximate surface area is 151 Å². The molecule has 0 aliphatic rings. The summed E-state index contributed by atoms with van der Waals surface area (Å²) in [6.07, 6.45) is 16.8. The zero-order valence-electron chi connectivity index (χ0n) is 17.0. The quantitative estimate of drug-likeness (QED) is 0.279. The highest BCUT2D eigenvalue weighted by Crippen LogP contribution is 2.28. The average Bonchev–Trinajstić information content (AvgIpc) is 2.55. The Balaban J connectivity index is 4.07. The van der Waals surface area contributed by atoms with Crippen LogP contribution in [0.15, 0.2) is 0 Å². The molecule has 3 atom stereocenters. The van der Waals surface area contributed by atoms with Crippen LogP contribution in [-0.4, -0.2) is 11.1 Å². The highest BCUT2D eigenvalue weighted by Gasteiger charge is 2.22. The van der Waals surface area contributed by atoms with Gasteiger partial charge in [-0.2, -0.15) is 0 Å². The molecule has 0 saturated carbocycles. The highest BCUT2D eigenvalue weighted by molar-refractivity contribution is 5.69. The molecule has 144 valence electrons. The van der Waals surface area contributed by atoms with Gasteiger partial charge in [-0.1, -0.05) is 98.3 Å². The summed E-state index contributed by atoms with van der Waals surface area (Å²) in [6.45, 7) is 9.01. The Morgan fingerprint density at radius 3 is 1.88 bits per heavy atom. The minimum Gasteiger partial charge on any atom is -0.481 e. The summed E-state index contributed by atoms with van der Waals surface area (Å²) < 4.78 is 0. The van der Waals surface area contributed by atoms with Crippen molar-refractivity contribution >= 4 is 5.97 Å². The van der Waals surface area contributed by atoms with Crippen LogP contribution in [0.5, 0.6) is 0 Å². The van der Waals surface area contributed by atoms with Gasteiger partial charge in [0.25, 0.3) is 0 Å². The zero-order chi connectivity index (χ0) is 18.2. The SMILES string of the molecule is CCCCCCCCCCC(CC(CCC)CC(C)CC)C(=O)O. The van der Waals surface area contributed by atoms with Crippen LogP contribution in [-0.2, 0) is 4.79 Å². The Bertz CT molecular complexity index is 288. The lowest BCUT2D eigenvalue weighted by atomic mass is 9.82. The van der Waals surface area contributed by atoms with Gasteiger partial charge in [-0.05, 0) is 31.1 Å². The van der Waals surface area contributed by atoms with Crippen molar-refractivity contribution in [2.75, 3.05) is 0 Å². The first kappa shape index (κ1) is 23.5. The smallest absolute Gasteiger partial charge is 0.306 e. The maximum Gasteiger partial charge on any atom is 0.306 e. The Kier molecular flexibility index (Phi) is 15.6. The van der Waals surface area contributed by atoms with Gasteiger partial charge in [0, 0.05) is 0 Å². The number of hydrogen-bond acceptors (Lipinski definition) is 1. The summed E-state index contributed by atoms with van der Waals surface area (Å²) in [5, 5.41) is 9.58. The third kappa shape index (κ3) is 12.8. The molecule has 0 rings (SSSR count). The van der Waals surface area contributed by atoms with Gasteiger partial charge in [0.1, 0.15) is 0 Å². The number of unbranched alkanes of at least 4 members (excludes halogenated alkanes) is 7. The Hall–Kier alpha value is -0.530. The lowest BCUT2D eigenvalue weighted by Crippen LogP contribution is -2.19. The fraction of sp³-hybridized carbons (Fsp3) is 0.955. The first-order valence-corrected chi connectivity index (χ1v) is 10.8. The van der Waals surface area contributed by atoms with Gasteiger partial charge in [0.05, 0.1) is 5.92 Å². The standard InChI is InChI=1S/C22H44O2/c1-5-8-9-10-11-12-13-14-16-21(22(23)24)18-20(15-6-2)17-19(4)7-3/h19-21H,5-18H2,1-4H3,(H,23,24). The van der Waals surface area contributed by atoms with Crippen LogP contribution in [0.25, 0.3) is 0 Å². The van der Waals surface area contributed by atoms with Crippen molar-refractivity contribution in [2.24, 2.45) is 17.8 Å². The monoisotopic (exact) mass is 340 g/mol. The lowest BCUT2D eigenvalue weighted by Gasteiger charge is -2.23. The predicted octanol–water partition coefficient (Wildman–Crippen LogP) is 7.46. The highest BCUT2D eigenvalue weighted by atomic mass is 16.4. The molecule has 3 unspecified atom stereocenters. The van der Waals surface area contributed by atoms with Crippen LogP contribution in [0, 0.1) is 17.8 Å². The van der Waals surface area contributed by atoms with Gasteiger partial charge < -0.3 is 5.11 Å². The molecule has 1 N–H and O–H groups in total. The second-order valence-corrected chi connectivity index (χ2v) is 7.94. The molecule has 0 radical (unpaired) electrons. The van der Waals surface area contributed by atoms with E-state index in [0.717, 1.165) is 25.2 Å². The van der Waals surface area contributed by atoms with Gasteiger partial charge in [-0.15, -0.1) is 0 Å². The van der Waals surface area contributed by atoms with E-state index >= 15 is 0 Å². The third-order valence-corrected chi connectivity index (χ3v) is 5.50. The van der Waals surface area contributed by atoms with E-state index in [1.54, 1.807) is 0 Å². The first-order chi connectivity index (χ1) is 11.5. The van der Waals surface area contributed by atoms with Crippen LogP contribution >= 0.6 is 0 Å². The molecule has 24 heavy (non-hydrogen) atoms. The lowest BCUT2D eigenvalue weighted by molar-refractivity contribution is -0.142. The topological polar surface area (TPSA) is 37.3 Å². The van der Waals surface area contributed by atoms with E-state index in [1.165, 1.54) is 70.6 Å². The largest absolute Gasteiger partial charge is 0.481 e. The van der Waals surface area contributed by atoms with Crippen LogP contribution in [0.1, 0.15) is 118 Å². The molecule has 0 aliphatic heterocycles. The Morgan fingerprint density at radius 2 is 1.38 bits per heavy atom. The summed E-state index contributed by atoms with van der Waals surface area (Å²) in [4.78, 5) is 11.6. The summed E-state index contributed by atoms with van der Waals surface area (Å²) in [7, 11) is 0. The minimum atomic E-state index is -0.566. The number of carboxylic acids is 1. The van der Waals surface area contributed by atoms with E-state index in [4.69, 9.17) is 0 Å². The molecule has 0 amide bonds. The van der Waals surface area contributed by atoms with Crippen molar-refractivity contribution in [1.29, 1.82) is 0 Å². The van der Waals surface area contributed by atoms with E-state index in [1.807, 2.05) is 0 Å². The molecule has 0 aliphatic carbocycles. The van der Waals surface area contributed by atoms with Crippen molar-refractivity contribution in [2.45, 2.75) is 118 Å². The van der Waals surface area contributed by atoms with Crippen LogP contribution in [0.2, 0.25) is 0 Å². The van der Waals surface area contributed by atoms with E-state index in [-0.39, 0.29) is 5.92 Å². The van der Waals surface area contributed by atoms with Gasteiger partial charge >= 0.3 is 5.97 Å². The van der Waals surface area contributed by atoms with Crippen molar-refractivity contribution in [3.63, 3.8) is 0 Å². The fourth-order valence-electron chi connectivity index (χ4n) is 3.75. The van der Waals surface area contributed by atoms with Crippen LogP contribution in [0.3, 0.4) is 0 Å². The Morgan fingerprint density at radius 1 is 0.792 bits per heavy atom. The summed E-state index contributed by atoms with van der Waals surface area (Å²) in [5.41, 5.74) is 0. The molecule has 0 saturated heterocycles. The average molecular weight is 341 g/mol. The van der Waals surface area contributed by atoms with E-state index in [0.29, 0.717) is 5.92 Å². The van der Waals surface area contributed by atoms with Gasteiger partial charge in [0.2, 0.25) is 0 Å². The molecule has 0 aromatic heterocycles. The molecule has 0 aromatic rings. The normalized spacial score (nSPS) is 15.2. The fourth-order valence-corrected chi connectivity index (χ4v) is 3.75. The zero-order valence-corrected chi connectivity index (χ0v) is 17.0. The number of hydrogen-bond donors (Lipinski definition) is 1. The predicted molar refractivity (Wildman–Crippen MR) is 105 cm³/mol. The van der Waals surface area contributed by atoms with E-state index in [9.17, 15) is 9.90 Å². The van der Waals surface area contributed by atoms with Crippen LogP contribution < -0.4 is 0 Å². The van der Waals surface area contributed by atoms with Crippen molar-refractivity contribution in [3.8, 4) is 0 Å². The number of rotatable bonds is 17. The summed E-state index contributed by atoms with van der Waals surface area (Å²) in [5.74, 6) is 0.633. The van der Waals surface area contributed by atoms with Gasteiger partial charge in [-0.25, -0.2) is 0 Å². The molecular formula is C22H44O2. The van der Waals surface area contributed by atoms with Crippen LogP contribution in [0.4, 0.5) is 0 Å². The molecule has 0 heterocycles. The van der Waals surface area contributed by atoms with E-state index < -0.39 is 5.97 Å². The minimum absolute atomic E-state index is 0.120. The molecule has 0 spiro atoms. The molecule has 0 fully saturated rings. The number of carbonyl (C=O) groups is 1. The van der Waals surface area contributed by atoms with Crippen molar-refractivity contribution in [3.05, 3.63) is 0 Å². The summed E-state index contributed by atoms with van der Waals surface area (Å²) >= 11 is 0. The number of aliphatic carboxylic acids is 1. The molecule has 2 nitrogen and oxygen atoms in total. The second kappa shape index (κ2) is 16.0. The maximum absolute atomic E-state index is 11.6. The first-order valence-electron chi connectivity index (χ1n) is 10.8. The van der Waals surface area contributed by atoms with Crippen molar-refractivity contribution < 1.29 is 9.90 Å². The number of carboxylic acid groups (broad SMARTS) is 1. The second-order valence-electron chi connectivity index (χ2n) is 7.94. The van der Waals surface area contributed by atoms with Crippen molar-refractivity contribution in [1.82, 2.24) is 0 Å². The molecule has 2 heteroatoms. The molecular weight excluding hydrogens is 296 g/mol. The van der Waals surface area contributed by atoms with Gasteiger partial charge in [-0.3, -0.25) is 4.79 Å². The van der Waals surface area contributed by atoms with Gasteiger partial charge in [0.15, 0.2) is 0 Å². The maximum atomic E-state index is 11.6. The molecule has 0 aromatic carbocycles.